The molecule has 2 aromatic carbocycles. The zero-order chi connectivity index (χ0) is 22.8. The number of nitrogens with one attached hydrogen (secondary N) is 1. The van der Waals surface area contributed by atoms with Gasteiger partial charge in [0.05, 0.1) is 18.5 Å². The molecule has 0 atom stereocenters. The molecule has 0 saturated heterocycles. The quantitative estimate of drug-likeness (QED) is 0.603. The van der Waals surface area contributed by atoms with Crippen molar-refractivity contribution in [1.82, 2.24) is 15.5 Å². The highest BCUT2D eigenvalue weighted by molar-refractivity contribution is 7.92. The summed E-state index contributed by atoms with van der Waals surface area (Å²) >= 11 is 0. The number of amides is 1. The number of hydrogen-bond acceptors (Lipinski definition) is 6. The van der Waals surface area contributed by atoms with Gasteiger partial charge in [-0.2, -0.15) is 4.98 Å². The Labute approximate surface area is 182 Å². The van der Waals surface area contributed by atoms with Crippen LogP contribution >= 0.6 is 0 Å². The van der Waals surface area contributed by atoms with Crippen molar-refractivity contribution in [3.8, 4) is 11.4 Å². The molecule has 1 amide bonds. The lowest BCUT2D eigenvalue weighted by atomic mass is 10.1. The lowest BCUT2D eigenvalue weighted by Gasteiger charge is -2.25. The van der Waals surface area contributed by atoms with Crippen LogP contribution in [-0.2, 0) is 21.4 Å². The predicted octanol–water partition coefficient (Wildman–Crippen LogP) is 3.05. The first-order valence-corrected chi connectivity index (χ1v) is 11.6. The molecular weight excluding hydrogens is 416 g/mol. The molecule has 1 aromatic heterocycles. The number of carbonyl (C=O) groups excluding carboxylic acids is 1. The van der Waals surface area contributed by atoms with Gasteiger partial charge in [0.25, 0.3) is 0 Å². The molecule has 0 aliphatic heterocycles. The molecule has 9 heteroatoms. The van der Waals surface area contributed by atoms with Crippen LogP contribution < -0.4 is 9.62 Å². The number of rotatable bonds is 7. The zero-order valence-electron chi connectivity index (χ0n) is 18.3. The summed E-state index contributed by atoms with van der Waals surface area (Å²) in [6.07, 6.45) is 1.09. The molecule has 164 valence electrons. The van der Waals surface area contributed by atoms with Crippen LogP contribution in [0.2, 0.25) is 0 Å². The molecule has 0 aliphatic rings. The van der Waals surface area contributed by atoms with Gasteiger partial charge >= 0.3 is 0 Å². The molecule has 0 bridgehead atoms. The van der Waals surface area contributed by atoms with Crippen LogP contribution in [0.3, 0.4) is 0 Å². The highest BCUT2D eigenvalue weighted by Gasteiger charge is 2.24. The monoisotopic (exact) mass is 442 g/mol. The molecule has 0 fully saturated rings. The average molecular weight is 443 g/mol. The van der Waals surface area contributed by atoms with Gasteiger partial charge in [-0.05, 0) is 38.8 Å². The number of benzene rings is 2. The Kier molecular flexibility index (Phi) is 6.45. The van der Waals surface area contributed by atoms with Gasteiger partial charge in [-0.1, -0.05) is 52.7 Å². The van der Waals surface area contributed by atoms with E-state index in [2.05, 4.69) is 15.5 Å². The highest BCUT2D eigenvalue weighted by atomic mass is 32.2. The fourth-order valence-electron chi connectivity index (χ4n) is 3.44. The van der Waals surface area contributed by atoms with E-state index < -0.39 is 15.9 Å². The number of nitrogens with zero attached hydrogens (tertiary/aromatic N) is 3. The summed E-state index contributed by atoms with van der Waals surface area (Å²) in [5, 5.41) is 6.58. The van der Waals surface area contributed by atoms with Gasteiger partial charge in [0.2, 0.25) is 27.6 Å². The molecule has 0 saturated carbocycles. The van der Waals surface area contributed by atoms with E-state index in [1.165, 1.54) is 0 Å². The van der Waals surface area contributed by atoms with E-state index in [1.54, 1.807) is 0 Å². The van der Waals surface area contributed by atoms with Crippen molar-refractivity contribution in [3.63, 3.8) is 0 Å². The molecule has 3 rings (SSSR count). The second-order valence-corrected chi connectivity index (χ2v) is 9.58. The Hall–Kier alpha value is -3.20. The number of aryl methyl sites for hydroxylation is 4. The first-order chi connectivity index (χ1) is 14.5. The average Bonchev–Trinajstić information content (AvgIpc) is 3.13. The van der Waals surface area contributed by atoms with Crippen molar-refractivity contribution in [2.24, 2.45) is 0 Å². The van der Waals surface area contributed by atoms with Gasteiger partial charge in [-0.15, -0.1) is 0 Å². The minimum atomic E-state index is -3.67. The van der Waals surface area contributed by atoms with Crippen molar-refractivity contribution >= 4 is 21.6 Å². The maximum Gasteiger partial charge on any atom is 0.246 e. The normalized spacial score (nSPS) is 11.4. The standard InChI is InChI=1S/C22H26N4O4S/c1-14-6-8-18(9-7-14)22-24-20(30-25-22)12-23-19(27)13-26(31(5,28)29)21-16(3)10-15(2)11-17(21)4/h6-11H,12-13H2,1-5H3,(H,23,27). The van der Waals surface area contributed by atoms with Gasteiger partial charge in [0, 0.05) is 5.56 Å². The first kappa shape index (κ1) is 22.5. The van der Waals surface area contributed by atoms with Crippen molar-refractivity contribution in [3.05, 3.63) is 64.5 Å². The van der Waals surface area contributed by atoms with Crippen LogP contribution in [0.1, 0.15) is 28.1 Å². The number of anilines is 1. The molecule has 1 N–H and O–H groups in total. The summed E-state index contributed by atoms with van der Waals surface area (Å²) in [6.45, 7) is 7.24. The van der Waals surface area contributed by atoms with Crippen LogP contribution in [0.15, 0.2) is 40.9 Å². The Morgan fingerprint density at radius 1 is 1.03 bits per heavy atom. The number of aromatic nitrogens is 2. The van der Waals surface area contributed by atoms with Crippen molar-refractivity contribution in [2.45, 2.75) is 34.2 Å². The van der Waals surface area contributed by atoms with E-state index >= 15 is 0 Å². The van der Waals surface area contributed by atoms with E-state index in [-0.39, 0.29) is 19.0 Å². The van der Waals surface area contributed by atoms with Crippen LogP contribution in [-0.4, -0.2) is 37.3 Å². The minimum Gasteiger partial charge on any atom is -0.345 e. The lowest BCUT2D eigenvalue weighted by Crippen LogP contribution is -2.40. The zero-order valence-corrected chi connectivity index (χ0v) is 19.1. The molecule has 0 unspecified atom stereocenters. The Bertz CT molecular complexity index is 1180. The van der Waals surface area contributed by atoms with Crippen molar-refractivity contribution in [1.29, 1.82) is 0 Å². The summed E-state index contributed by atoms with van der Waals surface area (Å²) in [4.78, 5) is 16.8. The van der Waals surface area contributed by atoms with Crippen LogP contribution in [0.5, 0.6) is 0 Å². The smallest absolute Gasteiger partial charge is 0.246 e. The molecule has 0 spiro atoms. The third-order valence-corrected chi connectivity index (χ3v) is 5.90. The third kappa shape index (κ3) is 5.49. The molecule has 31 heavy (non-hydrogen) atoms. The second-order valence-electron chi connectivity index (χ2n) is 7.67. The highest BCUT2D eigenvalue weighted by Crippen LogP contribution is 2.28. The number of hydrogen-bond donors (Lipinski definition) is 1. The summed E-state index contributed by atoms with van der Waals surface area (Å²) in [5.74, 6) is 0.185. The Balaban J connectivity index is 1.71. The molecule has 3 aromatic rings. The molecular formula is C22H26N4O4S. The third-order valence-electron chi connectivity index (χ3n) is 4.79. The van der Waals surface area contributed by atoms with E-state index in [0.717, 1.165) is 38.4 Å². The predicted molar refractivity (Wildman–Crippen MR) is 119 cm³/mol. The summed E-state index contributed by atoms with van der Waals surface area (Å²) < 4.78 is 31.2. The van der Waals surface area contributed by atoms with E-state index in [1.807, 2.05) is 64.1 Å². The van der Waals surface area contributed by atoms with E-state index in [0.29, 0.717) is 11.5 Å². The second kappa shape index (κ2) is 8.89. The summed E-state index contributed by atoms with van der Waals surface area (Å²) in [6, 6.07) is 11.5. The minimum absolute atomic E-state index is 0.00115. The van der Waals surface area contributed by atoms with E-state index in [9.17, 15) is 13.2 Å². The van der Waals surface area contributed by atoms with Gasteiger partial charge < -0.3 is 9.84 Å². The van der Waals surface area contributed by atoms with Gasteiger partial charge in [0.1, 0.15) is 6.54 Å². The van der Waals surface area contributed by atoms with E-state index in [4.69, 9.17) is 4.52 Å². The number of sulfonamides is 1. The summed E-state index contributed by atoms with van der Waals surface area (Å²) in [5.41, 5.74) is 5.04. The van der Waals surface area contributed by atoms with Crippen molar-refractivity contribution < 1.29 is 17.7 Å². The summed E-state index contributed by atoms with van der Waals surface area (Å²) in [7, 11) is -3.67. The SMILES string of the molecule is Cc1ccc(-c2noc(CNC(=O)CN(c3c(C)cc(C)cc3C)S(C)(=O)=O)n2)cc1. The lowest BCUT2D eigenvalue weighted by molar-refractivity contribution is -0.119. The Morgan fingerprint density at radius 2 is 1.65 bits per heavy atom. The fourth-order valence-corrected chi connectivity index (χ4v) is 4.41. The van der Waals surface area contributed by atoms with Crippen LogP contribution in [0.4, 0.5) is 5.69 Å². The fraction of sp³-hybridized carbons (Fsp3) is 0.318. The van der Waals surface area contributed by atoms with Gasteiger partial charge in [-0.3, -0.25) is 9.10 Å². The van der Waals surface area contributed by atoms with Crippen LogP contribution in [0.25, 0.3) is 11.4 Å². The topological polar surface area (TPSA) is 105 Å². The largest absolute Gasteiger partial charge is 0.345 e. The van der Waals surface area contributed by atoms with Crippen molar-refractivity contribution in [2.75, 3.05) is 17.1 Å². The first-order valence-electron chi connectivity index (χ1n) is 9.76. The van der Waals surface area contributed by atoms with Gasteiger partial charge in [0.15, 0.2) is 0 Å². The van der Waals surface area contributed by atoms with Gasteiger partial charge in [-0.25, -0.2) is 8.42 Å². The molecule has 1 heterocycles. The van der Waals surface area contributed by atoms with Crippen LogP contribution in [0, 0.1) is 27.7 Å². The molecule has 8 nitrogen and oxygen atoms in total. The molecule has 0 radical (unpaired) electrons. The molecule has 0 aliphatic carbocycles. The number of carbonyl (C=O) groups is 1. The maximum atomic E-state index is 12.5. The Morgan fingerprint density at radius 3 is 2.23 bits per heavy atom. The maximum absolute atomic E-state index is 12.5.